The molecule has 0 saturated carbocycles. The first-order valence-electron chi connectivity index (χ1n) is 3.70. The summed E-state index contributed by atoms with van der Waals surface area (Å²) in [6.07, 6.45) is 3.34. The van der Waals surface area contributed by atoms with E-state index in [4.69, 9.17) is 0 Å². The lowest BCUT2D eigenvalue weighted by molar-refractivity contribution is 0.230. The summed E-state index contributed by atoms with van der Waals surface area (Å²) in [6, 6.07) is 0.374. The minimum absolute atomic E-state index is 0.374. The van der Waals surface area contributed by atoms with Crippen molar-refractivity contribution in [3.63, 3.8) is 0 Å². The van der Waals surface area contributed by atoms with Gasteiger partial charge in [0.05, 0.1) is 5.75 Å². The normalized spacial score (nSPS) is 38.2. The first-order chi connectivity index (χ1) is 4.70. The largest absolute Gasteiger partial charge is 0.215 e. The maximum absolute atomic E-state index is 11.0. The highest BCUT2D eigenvalue weighted by molar-refractivity contribution is 7.90. The van der Waals surface area contributed by atoms with E-state index in [1.807, 2.05) is 0 Å². The van der Waals surface area contributed by atoms with Crippen LogP contribution in [0, 0.1) is 0 Å². The van der Waals surface area contributed by atoms with Gasteiger partial charge in [-0.15, -0.1) is 0 Å². The van der Waals surface area contributed by atoms with Crippen molar-refractivity contribution in [2.24, 2.45) is 0 Å². The summed E-state index contributed by atoms with van der Waals surface area (Å²) in [5, 5.41) is 0. The molecular weight excluding hydrogens is 150 g/mol. The standard InChI is InChI=1S/C6H11NO2S/c8-10(9)5-6-3-1-2-4-7(6)10/h6H,1-5H2. The Morgan fingerprint density at radius 1 is 1.30 bits per heavy atom. The van der Waals surface area contributed by atoms with Crippen molar-refractivity contribution < 1.29 is 8.42 Å². The van der Waals surface area contributed by atoms with Crippen LogP contribution in [0.1, 0.15) is 19.3 Å². The fourth-order valence-electron chi connectivity index (χ4n) is 1.76. The Balaban J connectivity index is 2.15. The summed E-state index contributed by atoms with van der Waals surface area (Å²) in [5.74, 6) is 0.410. The van der Waals surface area contributed by atoms with Crippen molar-refractivity contribution in [3.8, 4) is 0 Å². The minimum atomic E-state index is -2.75. The second kappa shape index (κ2) is 1.95. The van der Waals surface area contributed by atoms with Crippen LogP contribution in [0.25, 0.3) is 0 Å². The second-order valence-corrected chi connectivity index (χ2v) is 5.01. The number of hydrogen-bond donors (Lipinski definition) is 0. The first-order valence-corrected chi connectivity index (χ1v) is 5.30. The molecule has 0 spiro atoms. The van der Waals surface area contributed by atoms with E-state index in [1.54, 1.807) is 4.31 Å². The number of rotatable bonds is 0. The van der Waals surface area contributed by atoms with Crippen LogP contribution in [-0.2, 0) is 10.0 Å². The third kappa shape index (κ3) is 0.787. The fourth-order valence-corrected chi connectivity index (χ4v) is 3.57. The lowest BCUT2D eigenvalue weighted by atomic mass is 10.1. The average Bonchev–Trinajstić information content (AvgIpc) is 1.86. The maximum Gasteiger partial charge on any atom is 0.215 e. The summed E-state index contributed by atoms with van der Waals surface area (Å²) < 4.78 is 23.6. The lowest BCUT2D eigenvalue weighted by Crippen LogP contribution is -2.58. The summed E-state index contributed by atoms with van der Waals surface area (Å²) in [5.41, 5.74) is 0. The van der Waals surface area contributed by atoms with Gasteiger partial charge in [-0.25, -0.2) is 8.42 Å². The zero-order chi connectivity index (χ0) is 7.19. The van der Waals surface area contributed by atoms with Crippen molar-refractivity contribution in [1.29, 1.82) is 0 Å². The van der Waals surface area contributed by atoms with Gasteiger partial charge in [0.2, 0.25) is 10.0 Å². The van der Waals surface area contributed by atoms with Crippen LogP contribution < -0.4 is 0 Å². The molecule has 2 heterocycles. The molecule has 1 atom stereocenters. The van der Waals surface area contributed by atoms with Crippen molar-refractivity contribution in [2.75, 3.05) is 12.3 Å². The summed E-state index contributed by atoms with van der Waals surface area (Å²) >= 11 is 0. The van der Waals surface area contributed by atoms with E-state index in [0.29, 0.717) is 11.8 Å². The molecule has 2 saturated heterocycles. The first kappa shape index (κ1) is 6.61. The molecule has 0 aromatic carbocycles. The van der Waals surface area contributed by atoms with E-state index < -0.39 is 10.0 Å². The topological polar surface area (TPSA) is 37.4 Å². The van der Waals surface area contributed by atoms with E-state index in [9.17, 15) is 8.42 Å². The molecule has 58 valence electrons. The van der Waals surface area contributed by atoms with Gasteiger partial charge in [-0.1, -0.05) is 6.42 Å². The molecule has 2 aliphatic heterocycles. The van der Waals surface area contributed by atoms with Gasteiger partial charge in [-0.2, -0.15) is 4.31 Å². The third-order valence-corrected chi connectivity index (χ3v) is 4.33. The van der Waals surface area contributed by atoms with Gasteiger partial charge in [0.1, 0.15) is 0 Å². The number of piperidine rings is 1. The quantitative estimate of drug-likeness (QED) is 0.508. The van der Waals surface area contributed by atoms with Crippen LogP contribution in [0.4, 0.5) is 0 Å². The molecule has 0 amide bonds. The number of hydrogen-bond acceptors (Lipinski definition) is 2. The van der Waals surface area contributed by atoms with Gasteiger partial charge in [-0.3, -0.25) is 0 Å². The predicted octanol–water partition coefficient (Wildman–Crippen LogP) is 0.184. The molecule has 0 aromatic heterocycles. The van der Waals surface area contributed by atoms with Crippen LogP contribution in [0.2, 0.25) is 0 Å². The monoisotopic (exact) mass is 161 g/mol. The lowest BCUT2D eigenvalue weighted by Gasteiger charge is -2.42. The number of sulfonamides is 1. The van der Waals surface area contributed by atoms with E-state index >= 15 is 0 Å². The molecule has 0 radical (unpaired) electrons. The number of nitrogens with zero attached hydrogens (tertiary/aromatic N) is 1. The molecule has 2 fully saturated rings. The van der Waals surface area contributed by atoms with Gasteiger partial charge in [-0.05, 0) is 12.8 Å². The van der Waals surface area contributed by atoms with Crippen molar-refractivity contribution >= 4 is 10.0 Å². The highest BCUT2D eigenvalue weighted by Gasteiger charge is 2.43. The molecule has 4 heteroatoms. The average molecular weight is 161 g/mol. The van der Waals surface area contributed by atoms with Crippen LogP contribution in [-0.4, -0.2) is 31.1 Å². The van der Waals surface area contributed by atoms with Gasteiger partial charge in [0.15, 0.2) is 0 Å². The summed E-state index contributed by atoms with van der Waals surface area (Å²) in [4.78, 5) is 0. The molecule has 0 aromatic rings. The van der Waals surface area contributed by atoms with Crippen molar-refractivity contribution in [3.05, 3.63) is 0 Å². The predicted molar refractivity (Wildman–Crippen MR) is 38.1 cm³/mol. The van der Waals surface area contributed by atoms with Crippen LogP contribution in [0.15, 0.2) is 0 Å². The molecule has 0 bridgehead atoms. The Kier molecular flexibility index (Phi) is 1.29. The number of fused-ring (bicyclic) bond motifs is 1. The second-order valence-electron chi connectivity index (χ2n) is 3.04. The molecule has 3 nitrogen and oxygen atoms in total. The Hall–Kier alpha value is -0.0900. The van der Waals surface area contributed by atoms with Gasteiger partial charge in [0, 0.05) is 12.6 Å². The van der Waals surface area contributed by atoms with E-state index in [2.05, 4.69) is 0 Å². The van der Waals surface area contributed by atoms with Crippen LogP contribution in [0.5, 0.6) is 0 Å². The maximum atomic E-state index is 11.0. The van der Waals surface area contributed by atoms with Crippen molar-refractivity contribution in [1.82, 2.24) is 4.31 Å². The summed E-state index contributed by atoms with van der Waals surface area (Å²) in [6.45, 7) is 0.771. The van der Waals surface area contributed by atoms with Gasteiger partial charge in [0.25, 0.3) is 0 Å². The van der Waals surface area contributed by atoms with Gasteiger partial charge < -0.3 is 0 Å². The molecule has 0 N–H and O–H groups in total. The third-order valence-electron chi connectivity index (χ3n) is 2.33. The van der Waals surface area contributed by atoms with E-state index in [1.165, 1.54) is 6.42 Å². The SMILES string of the molecule is O=S1(=O)CC2CCCCN21. The Morgan fingerprint density at radius 2 is 2.10 bits per heavy atom. The van der Waals surface area contributed by atoms with E-state index in [-0.39, 0.29) is 0 Å². The highest BCUT2D eigenvalue weighted by Crippen LogP contribution is 2.29. The van der Waals surface area contributed by atoms with Crippen LogP contribution in [0.3, 0.4) is 0 Å². The highest BCUT2D eigenvalue weighted by atomic mass is 32.2. The molecule has 2 aliphatic rings. The molecule has 1 unspecified atom stereocenters. The minimum Gasteiger partial charge on any atom is -0.212 e. The van der Waals surface area contributed by atoms with Gasteiger partial charge >= 0.3 is 0 Å². The molecular formula is C6H11NO2S. The Bertz CT molecular complexity index is 234. The summed E-state index contributed by atoms with van der Waals surface area (Å²) in [7, 11) is -2.75. The smallest absolute Gasteiger partial charge is 0.212 e. The van der Waals surface area contributed by atoms with E-state index in [0.717, 1.165) is 19.4 Å². The molecule has 0 aliphatic carbocycles. The Labute approximate surface area is 61.1 Å². The zero-order valence-corrected chi connectivity index (χ0v) is 6.60. The molecule has 10 heavy (non-hydrogen) atoms. The fraction of sp³-hybridized carbons (Fsp3) is 1.00. The Morgan fingerprint density at radius 3 is 2.60 bits per heavy atom. The van der Waals surface area contributed by atoms with Crippen LogP contribution >= 0.6 is 0 Å². The molecule has 2 rings (SSSR count). The zero-order valence-electron chi connectivity index (χ0n) is 5.78. The van der Waals surface area contributed by atoms with Crippen molar-refractivity contribution in [2.45, 2.75) is 25.3 Å².